The maximum Gasteiger partial charge on any atom is 0.255 e. The van der Waals surface area contributed by atoms with Crippen LogP contribution in [-0.4, -0.2) is 43.4 Å². The highest BCUT2D eigenvalue weighted by atomic mass is 16.5. The van der Waals surface area contributed by atoms with Crippen molar-refractivity contribution in [3.05, 3.63) is 53.1 Å². The molecule has 0 fully saturated rings. The van der Waals surface area contributed by atoms with Gasteiger partial charge in [0.2, 0.25) is 11.8 Å². The Balaban J connectivity index is 1.95. The Morgan fingerprint density at radius 3 is 2.67 bits per heavy atom. The number of hydrogen-bond acceptors (Lipinski definition) is 7. The smallest absolute Gasteiger partial charge is 0.255 e. The van der Waals surface area contributed by atoms with Crippen molar-refractivity contribution in [2.45, 2.75) is 31.9 Å². The number of carbonyl (C=O) groups excluding carboxylic acids is 3. The van der Waals surface area contributed by atoms with Gasteiger partial charge in [-0.3, -0.25) is 14.4 Å². The summed E-state index contributed by atoms with van der Waals surface area (Å²) in [6.45, 7) is 1.26. The number of anilines is 2. The Bertz CT molecular complexity index is 1030. The molecule has 1 atom stereocenters. The van der Waals surface area contributed by atoms with Gasteiger partial charge in [-0.15, -0.1) is 0 Å². The molecule has 1 aliphatic heterocycles. The summed E-state index contributed by atoms with van der Waals surface area (Å²) in [5.74, 6) is -0.846. The lowest BCUT2D eigenvalue weighted by atomic mass is 10.1. The summed E-state index contributed by atoms with van der Waals surface area (Å²) in [5.41, 5.74) is 18.9. The summed E-state index contributed by atoms with van der Waals surface area (Å²) in [7, 11) is 0. The molecule has 33 heavy (non-hydrogen) atoms. The maximum atomic E-state index is 13.1. The van der Waals surface area contributed by atoms with Gasteiger partial charge in [-0.05, 0) is 49.7 Å². The van der Waals surface area contributed by atoms with Crippen molar-refractivity contribution in [2.75, 3.05) is 30.7 Å². The van der Waals surface area contributed by atoms with Gasteiger partial charge in [0.1, 0.15) is 12.4 Å². The number of benzene rings is 2. The van der Waals surface area contributed by atoms with E-state index in [0.717, 1.165) is 12.8 Å². The quantitative estimate of drug-likeness (QED) is 0.285. The Labute approximate surface area is 192 Å². The van der Waals surface area contributed by atoms with Crippen LogP contribution in [-0.2, 0) is 11.4 Å². The van der Waals surface area contributed by atoms with E-state index < -0.39 is 11.9 Å². The van der Waals surface area contributed by atoms with Gasteiger partial charge in [0.05, 0.1) is 11.6 Å². The van der Waals surface area contributed by atoms with E-state index in [2.05, 4.69) is 16.0 Å². The fraction of sp³-hybridized carbons (Fsp3) is 0.348. The van der Waals surface area contributed by atoms with Crippen molar-refractivity contribution >= 4 is 29.1 Å². The van der Waals surface area contributed by atoms with E-state index in [9.17, 15) is 14.4 Å². The third-order valence-electron chi connectivity index (χ3n) is 5.35. The highest BCUT2D eigenvalue weighted by Crippen LogP contribution is 2.25. The number of nitrogen functional groups attached to an aromatic ring is 1. The fourth-order valence-electron chi connectivity index (χ4n) is 3.53. The van der Waals surface area contributed by atoms with E-state index >= 15 is 0 Å². The van der Waals surface area contributed by atoms with E-state index in [1.165, 1.54) is 6.07 Å². The molecule has 2 aromatic rings. The molecule has 0 unspecified atom stereocenters. The highest BCUT2D eigenvalue weighted by molar-refractivity contribution is 5.99. The van der Waals surface area contributed by atoms with E-state index in [-0.39, 0.29) is 24.0 Å². The van der Waals surface area contributed by atoms with Crippen molar-refractivity contribution in [3.63, 3.8) is 0 Å². The first-order valence-corrected chi connectivity index (χ1v) is 10.9. The highest BCUT2D eigenvalue weighted by Gasteiger charge is 2.21. The summed E-state index contributed by atoms with van der Waals surface area (Å²) in [4.78, 5) is 37.5. The SMILES string of the molecule is NCCCC[C@@H]1NCCNC(=O)c2cc(N)ccc2OCc2ccc(C(N)=O)cc2NC1=O. The second-order valence-electron chi connectivity index (χ2n) is 7.82. The molecule has 0 bridgehead atoms. The van der Waals surface area contributed by atoms with Crippen LogP contribution < -0.4 is 37.9 Å². The Morgan fingerprint density at radius 1 is 1.09 bits per heavy atom. The van der Waals surface area contributed by atoms with Gasteiger partial charge in [-0.25, -0.2) is 0 Å². The molecule has 0 radical (unpaired) electrons. The summed E-state index contributed by atoms with van der Waals surface area (Å²) < 4.78 is 5.91. The summed E-state index contributed by atoms with van der Waals surface area (Å²) in [5, 5.41) is 8.91. The molecule has 176 valence electrons. The molecular formula is C23H30N6O4. The molecular weight excluding hydrogens is 424 g/mol. The lowest BCUT2D eigenvalue weighted by molar-refractivity contribution is -0.118. The van der Waals surface area contributed by atoms with Crippen LogP contribution in [0.2, 0.25) is 0 Å². The number of rotatable bonds is 5. The number of amides is 3. The zero-order valence-electron chi connectivity index (χ0n) is 18.4. The van der Waals surface area contributed by atoms with Gasteiger partial charge >= 0.3 is 0 Å². The zero-order chi connectivity index (χ0) is 23.8. The largest absolute Gasteiger partial charge is 0.488 e. The number of primary amides is 1. The lowest BCUT2D eigenvalue weighted by Crippen LogP contribution is -2.44. The molecule has 0 aliphatic carbocycles. The summed E-state index contributed by atoms with van der Waals surface area (Å²) >= 11 is 0. The van der Waals surface area contributed by atoms with Crippen LogP contribution in [0, 0.1) is 0 Å². The molecule has 10 heteroatoms. The van der Waals surface area contributed by atoms with Crippen LogP contribution in [0.25, 0.3) is 0 Å². The number of hydrogen-bond donors (Lipinski definition) is 6. The zero-order valence-corrected chi connectivity index (χ0v) is 18.4. The van der Waals surface area contributed by atoms with Crippen LogP contribution >= 0.6 is 0 Å². The number of nitrogens with one attached hydrogen (secondary N) is 3. The predicted octanol–water partition coefficient (Wildman–Crippen LogP) is 0.716. The normalized spacial score (nSPS) is 16.9. The van der Waals surface area contributed by atoms with Crippen molar-refractivity contribution in [1.82, 2.24) is 10.6 Å². The third-order valence-corrected chi connectivity index (χ3v) is 5.35. The van der Waals surface area contributed by atoms with Gasteiger partial charge in [0.25, 0.3) is 5.91 Å². The minimum atomic E-state index is -0.609. The predicted molar refractivity (Wildman–Crippen MR) is 126 cm³/mol. The monoisotopic (exact) mass is 454 g/mol. The van der Waals surface area contributed by atoms with Gasteiger partial charge < -0.3 is 37.9 Å². The van der Waals surface area contributed by atoms with Crippen LogP contribution in [0.15, 0.2) is 36.4 Å². The van der Waals surface area contributed by atoms with Gasteiger partial charge in [0.15, 0.2) is 0 Å². The van der Waals surface area contributed by atoms with Gasteiger partial charge in [-0.2, -0.15) is 0 Å². The number of carbonyl (C=O) groups is 3. The molecule has 0 spiro atoms. The van der Waals surface area contributed by atoms with E-state index in [1.807, 2.05) is 0 Å². The van der Waals surface area contributed by atoms with E-state index in [1.54, 1.807) is 30.3 Å². The number of nitrogens with two attached hydrogens (primary N) is 3. The molecule has 10 nitrogen and oxygen atoms in total. The number of unbranched alkanes of at least 4 members (excludes halogenated alkanes) is 1. The van der Waals surface area contributed by atoms with Crippen LogP contribution in [0.4, 0.5) is 11.4 Å². The minimum absolute atomic E-state index is 0.0458. The molecule has 3 rings (SSSR count). The minimum Gasteiger partial charge on any atom is -0.488 e. The first-order valence-electron chi connectivity index (χ1n) is 10.9. The van der Waals surface area contributed by atoms with E-state index in [4.69, 9.17) is 21.9 Å². The van der Waals surface area contributed by atoms with Gasteiger partial charge in [0, 0.05) is 35.6 Å². The molecule has 0 saturated heterocycles. The van der Waals surface area contributed by atoms with E-state index in [0.29, 0.717) is 54.3 Å². The molecule has 0 aromatic heterocycles. The molecule has 9 N–H and O–H groups in total. The molecule has 1 aliphatic rings. The van der Waals surface area contributed by atoms with Crippen LogP contribution in [0.3, 0.4) is 0 Å². The van der Waals surface area contributed by atoms with Crippen LogP contribution in [0.1, 0.15) is 45.5 Å². The van der Waals surface area contributed by atoms with Crippen molar-refractivity contribution < 1.29 is 19.1 Å². The average molecular weight is 455 g/mol. The second-order valence-corrected chi connectivity index (χ2v) is 7.82. The molecule has 3 amide bonds. The molecule has 1 heterocycles. The summed E-state index contributed by atoms with van der Waals surface area (Å²) in [6.07, 6.45) is 2.12. The first-order chi connectivity index (χ1) is 15.9. The van der Waals surface area contributed by atoms with Crippen LogP contribution in [0.5, 0.6) is 5.75 Å². The van der Waals surface area contributed by atoms with Crippen molar-refractivity contribution in [3.8, 4) is 5.75 Å². The fourth-order valence-corrected chi connectivity index (χ4v) is 3.53. The first kappa shape index (κ1) is 24.0. The van der Waals surface area contributed by atoms with Gasteiger partial charge in [-0.1, -0.05) is 12.5 Å². The Morgan fingerprint density at radius 2 is 1.91 bits per heavy atom. The molecule has 2 aromatic carbocycles. The maximum absolute atomic E-state index is 13.1. The topological polar surface area (TPSA) is 175 Å². The lowest BCUT2D eigenvalue weighted by Gasteiger charge is -2.21. The Hall–Kier alpha value is -3.63. The number of ether oxygens (including phenoxy) is 1. The second kappa shape index (κ2) is 11.3. The molecule has 0 saturated carbocycles. The average Bonchev–Trinajstić information content (AvgIpc) is 2.79. The standard InChI is InChI=1S/C23H30N6O4/c24-8-2-1-3-18-23(32)29-19-11-14(21(26)30)4-5-15(19)13-33-20-7-6-16(25)12-17(20)22(31)28-10-9-27-18/h4-7,11-12,18,27H,1-3,8-10,13,24-25H2,(H2,26,30)(H,28,31)(H,29,32)/t18-/m0/s1. The van der Waals surface area contributed by atoms with Crippen molar-refractivity contribution in [2.24, 2.45) is 11.5 Å². The summed E-state index contributed by atoms with van der Waals surface area (Å²) in [6, 6.07) is 9.06. The van der Waals surface area contributed by atoms with Crippen molar-refractivity contribution in [1.29, 1.82) is 0 Å². The Kier molecular flexibility index (Phi) is 8.22. The third kappa shape index (κ3) is 6.43. The number of fused-ring (bicyclic) bond motifs is 2.